The second-order valence-electron chi connectivity index (χ2n) is 1.23. The summed E-state index contributed by atoms with van der Waals surface area (Å²) < 4.78 is -1.39. The van der Waals surface area contributed by atoms with Crippen molar-refractivity contribution in [1.82, 2.24) is 0 Å². The van der Waals surface area contributed by atoms with E-state index in [9.17, 15) is 0 Å². The minimum atomic E-state index is -1.39. The van der Waals surface area contributed by atoms with E-state index in [1.807, 2.05) is 0 Å². The zero-order chi connectivity index (χ0) is 6.78. The van der Waals surface area contributed by atoms with Gasteiger partial charge in [0.25, 0.3) is 0 Å². The molecule has 0 radical (unpaired) electrons. The van der Waals surface area contributed by atoms with Crippen molar-refractivity contribution in [2.75, 3.05) is 0 Å². The predicted octanol–water partition coefficient (Wildman–Crippen LogP) is 3.10. The minimum absolute atomic E-state index is 0.391. The van der Waals surface area contributed by atoms with Crippen molar-refractivity contribution in [1.29, 1.82) is 0 Å². The summed E-state index contributed by atoms with van der Waals surface area (Å²) in [6.45, 7) is 6.80. The Kier molecular flexibility index (Phi) is 2.89. The van der Waals surface area contributed by atoms with Gasteiger partial charge in [0.15, 0.2) is 0 Å². The molecular weight excluding hydrogens is 166 g/mol. The van der Waals surface area contributed by atoms with E-state index in [1.165, 1.54) is 6.08 Å². The number of alkyl halides is 3. The van der Waals surface area contributed by atoms with Crippen LogP contribution in [0.5, 0.6) is 0 Å². The van der Waals surface area contributed by atoms with Crippen LogP contribution in [0, 0.1) is 0 Å². The van der Waals surface area contributed by atoms with Gasteiger partial charge >= 0.3 is 0 Å². The van der Waals surface area contributed by atoms with E-state index in [1.54, 1.807) is 0 Å². The Morgan fingerprint density at radius 3 is 1.75 bits per heavy atom. The fourth-order valence-electron chi connectivity index (χ4n) is 0.116. The Morgan fingerprint density at radius 2 is 1.75 bits per heavy atom. The third-order valence-corrected chi connectivity index (χ3v) is 1.34. The van der Waals surface area contributed by atoms with Crippen LogP contribution in [0.3, 0.4) is 0 Å². The molecule has 0 heterocycles. The molecule has 0 spiro atoms. The summed E-state index contributed by atoms with van der Waals surface area (Å²) in [4.78, 5) is 0. The Labute approximate surface area is 63.7 Å². The van der Waals surface area contributed by atoms with Crippen LogP contribution in [0.2, 0.25) is 0 Å². The van der Waals surface area contributed by atoms with Gasteiger partial charge in [-0.2, -0.15) is 0 Å². The van der Waals surface area contributed by atoms with Gasteiger partial charge in [-0.3, -0.25) is 0 Å². The highest BCUT2D eigenvalue weighted by Gasteiger charge is 2.20. The summed E-state index contributed by atoms with van der Waals surface area (Å²) in [6.07, 6.45) is 1.41. The standard InChI is InChI=1S/C5H5Cl3/c1-3-4(2)5(6,7)8/h3H,1-2H2. The molecule has 0 saturated heterocycles. The molecule has 3 heteroatoms. The van der Waals surface area contributed by atoms with Gasteiger partial charge in [0, 0.05) is 0 Å². The normalized spacial score (nSPS) is 10.9. The van der Waals surface area contributed by atoms with Gasteiger partial charge in [-0.1, -0.05) is 54.0 Å². The maximum Gasteiger partial charge on any atom is 0.215 e. The zero-order valence-corrected chi connectivity index (χ0v) is 6.39. The molecule has 0 N–H and O–H groups in total. The summed E-state index contributed by atoms with van der Waals surface area (Å²) >= 11 is 16.0. The third kappa shape index (κ3) is 2.61. The van der Waals surface area contributed by atoms with Crippen LogP contribution in [-0.2, 0) is 0 Å². The van der Waals surface area contributed by atoms with E-state index < -0.39 is 3.79 Å². The molecule has 0 rings (SSSR count). The lowest BCUT2D eigenvalue weighted by Crippen LogP contribution is -2.01. The molecule has 0 fully saturated rings. The smallest absolute Gasteiger partial charge is 0.0987 e. The number of hydrogen-bond acceptors (Lipinski definition) is 0. The molecule has 0 atom stereocenters. The maximum atomic E-state index is 5.34. The fourth-order valence-corrected chi connectivity index (χ4v) is 0.347. The third-order valence-electron chi connectivity index (χ3n) is 0.611. The summed E-state index contributed by atoms with van der Waals surface area (Å²) in [5.41, 5.74) is 0.391. The van der Waals surface area contributed by atoms with Gasteiger partial charge in [0.1, 0.15) is 0 Å². The lowest BCUT2D eigenvalue weighted by molar-refractivity contribution is 1.36. The first-order valence-electron chi connectivity index (χ1n) is 1.87. The topological polar surface area (TPSA) is 0 Å². The molecule has 0 aliphatic carbocycles. The van der Waals surface area contributed by atoms with Crippen LogP contribution in [-0.4, -0.2) is 3.79 Å². The number of hydrogen-bond donors (Lipinski definition) is 0. The number of rotatable bonds is 1. The van der Waals surface area contributed by atoms with Crippen LogP contribution in [0.15, 0.2) is 24.8 Å². The van der Waals surface area contributed by atoms with Crippen molar-refractivity contribution in [3.05, 3.63) is 24.8 Å². The molecule has 0 aromatic carbocycles. The van der Waals surface area contributed by atoms with Crippen molar-refractivity contribution in [3.8, 4) is 0 Å². The van der Waals surface area contributed by atoms with Crippen molar-refractivity contribution in [3.63, 3.8) is 0 Å². The molecule has 0 aliphatic heterocycles. The largest absolute Gasteiger partial charge is 0.215 e. The SMILES string of the molecule is C=CC(=C)C(Cl)(Cl)Cl. The monoisotopic (exact) mass is 170 g/mol. The van der Waals surface area contributed by atoms with E-state index >= 15 is 0 Å². The summed E-state index contributed by atoms with van der Waals surface area (Å²) in [6, 6.07) is 0. The van der Waals surface area contributed by atoms with Gasteiger partial charge in [0.2, 0.25) is 3.79 Å². The van der Waals surface area contributed by atoms with Gasteiger partial charge in [0.05, 0.1) is 0 Å². The fraction of sp³-hybridized carbons (Fsp3) is 0.200. The Balaban J connectivity index is 4.02. The van der Waals surface area contributed by atoms with Gasteiger partial charge in [-0.25, -0.2) is 0 Å². The highest BCUT2D eigenvalue weighted by atomic mass is 35.6. The number of allylic oxidation sites excluding steroid dienone is 2. The lowest BCUT2D eigenvalue weighted by atomic mass is 10.3. The maximum absolute atomic E-state index is 5.34. The highest BCUT2D eigenvalue weighted by molar-refractivity contribution is 6.69. The van der Waals surface area contributed by atoms with Crippen LogP contribution in [0.25, 0.3) is 0 Å². The minimum Gasteiger partial charge on any atom is -0.0987 e. The first-order chi connectivity index (χ1) is 3.48. The Bertz CT molecular complexity index is 109. The van der Waals surface area contributed by atoms with Crippen molar-refractivity contribution in [2.45, 2.75) is 3.79 Å². The second kappa shape index (κ2) is 2.77. The quantitative estimate of drug-likeness (QED) is 0.420. The molecule has 0 nitrogen and oxygen atoms in total. The van der Waals surface area contributed by atoms with Crippen molar-refractivity contribution < 1.29 is 0 Å². The molecule has 0 aromatic heterocycles. The van der Waals surface area contributed by atoms with Crippen LogP contribution in [0.4, 0.5) is 0 Å². The van der Waals surface area contributed by atoms with Gasteiger partial charge in [-0.15, -0.1) is 0 Å². The molecular formula is C5H5Cl3. The van der Waals surface area contributed by atoms with Crippen LogP contribution >= 0.6 is 34.8 Å². The zero-order valence-electron chi connectivity index (χ0n) is 4.13. The first kappa shape index (κ1) is 8.35. The van der Waals surface area contributed by atoms with Gasteiger partial charge in [-0.05, 0) is 5.57 Å². The summed E-state index contributed by atoms with van der Waals surface area (Å²) in [7, 11) is 0. The summed E-state index contributed by atoms with van der Waals surface area (Å²) in [5.74, 6) is 0. The molecule has 0 bridgehead atoms. The van der Waals surface area contributed by atoms with E-state index in [-0.39, 0.29) is 0 Å². The molecule has 46 valence electrons. The van der Waals surface area contributed by atoms with E-state index in [0.717, 1.165) is 0 Å². The van der Waals surface area contributed by atoms with Crippen LogP contribution in [0.1, 0.15) is 0 Å². The van der Waals surface area contributed by atoms with Crippen molar-refractivity contribution in [2.24, 2.45) is 0 Å². The molecule has 0 aliphatic rings. The van der Waals surface area contributed by atoms with E-state index in [4.69, 9.17) is 34.8 Å². The average molecular weight is 171 g/mol. The van der Waals surface area contributed by atoms with E-state index in [0.29, 0.717) is 5.57 Å². The molecule has 0 amide bonds. The summed E-state index contributed by atoms with van der Waals surface area (Å²) in [5, 5.41) is 0. The predicted molar refractivity (Wildman–Crippen MR) is 39.6 cm³/mol. The van der Waals surface area contributed by atoms with E-state index in [2.05, 4.69) is 13.2 Å². The average Bonchev–Trinajstić information content (AvgIpc) is 1.62. The molecule has 8 heavy (non-hydrogen) atoms. The lowest BCUT2D eigenvalue weighted by Gasteiger charge is -2.08. The van der Waals surface area contributed by atoms with Crippen LogP contribution < -0.4 is 0 Å². The molecule has 0 saturated carbocycles. The number of halogens is 3. The Morgan fingerprint density at radius 1 is 1.38 bits per heavy atom. The first-order valence-corrected chi connectivity index (χ1v) is 3.00. The molecule has 0 unspecified atom stereocenters. The molecule has 0 aromatic rings. The van der Waals surface area contributed by atoms with Gasteiger partial charge < -0.3 is 0 Å². The second-order valence-corrected chi connectivity index (χ2v) is 3.51. The highest BCUT2D eigenvalue weighted by Crippen LogP contribution is 2.33. The van der Waals surface area contributed by atoms with Crippen molar-refractivity contribution >= 4 is 34.8 Å². The Hall–Kier alpha value is 0.350.